The van der Waals surface area contributed by atoms with E-state index in [1.807, 2.05) is 0 Å². The SMILES string of the molecule is CCCNc1ncnc(N2CCC(CC)C2)c1CCC. The highest BCUT2D eigenvalue weighted by Crippen LogP contribution is 2.30. The minimum absolute atomic E-state index is 0.825. The molecule has 1 unspecified atom stereocenters. The van der Waals surface area contributed by atoms with Crippen molar-refractivity contribution in [1.29, 1.82) is 0 Å². The Hall–Kier alpha value is -1.32. The molecule has 4 nitrogen and oxygen atoms in total. The maximum atomic E-state index is 4.59. The van der Waals surface area contributed by atoms with Gasteiger partial charge in [0.1, 0.15) is 18.0 Å². The highest BCUT2D eigenvalue weighted by molar-refractivity contribution is 5.59. The molecule has 0 radical (unpaired) electrons. The Labute approximate surface area is 123 Å². The quantitative estimate of drug-likeness (QED) is 0.827. The van der Waals surface area contributed by atoms with Crippen LogP contribution in [0.25, 0.3) is 0 Å². The molecule has 0 aromatic carbocycles. The van der Waals surface area contributed by atoms with Crippen molar-refractivity contribution in [3.8, 4) is 0 Å². The second kappa shape index (κ2) is 7.46. The van der Waals surface area contributed by atoms with Gasteiger partial charge in [-0.1, -0.05) is 33.6 Å². The van der Waals surface area contributed by atoms with Gasteiger partial charge in [-0.25, -0.2) is 9.97 Å². The van der Waals surface area contributed by atoms with Crippen LogP contribution in [0.15, 0.2) is 6.33 Å². The van der Waals surface area contributed by atoms with Gasteiger partial charge < -0.3 is 10.2 Å². The number of hydrogen-bond acceptors (Lipinski definition) is 4. The summed E-state index contributed by atoms with van der Waals surface area (Å²) in [6.45, 7) is 9.96. The van der Waals surface area contributed by atoms with E-state index >= 15 is 0 Å². The summed E-state index contributed by atoms with van der Waals surface area (Å²) < 4.78 is 0. The van der Waals surface area contributed by atoms with Gasteiger partial charge in [0.2, 0.25) is 0 Å². The van der Waals surface area contributed by atoms with Crippen LogP contribution < -0.4 is 10.2 Å². The molecule has 0 bridgehead atoms. The molecule has 2 rings (SSSR count). The maximum absolute atomic E-state index is 4.59. The molecule has 112 valence electrons. The Kier molecular flexibility index (Phi) is 5.62. The third-order valence-corrected chi connectivity index (χ3v) is 4.13. The molecule has 0 spiro atoms. The van der Waals surface area contributed by atoms with Gasteiger partial charge in [-0.15, -0.1) is 0 Å². The van der Waals surface area contributed by atoms with E-state index in [2.05, 4.69) is 41.0 Å². The molecule has 1 saturated heterocycles. The van der Waals surface area contributed by atoms with Crippen LogP contribution in [0.4, 0.5) is 11.6 Å². The van der Waals surface area contributed by atoms with Crippen LogP contribution in [0.5, 0.6) is 0 Å². The van der Waals surface area contributed by atoms with E-state index in [4.69, 9.17) is 0 Å². The van der Waals surface area contributed by atoms with Crippen molar-refractivity contribution in [3.05, 3.63) is 11.9 Å². The topological polar surface area (TPSA) is 41.1 Å². The normalized spacial score (nSPS) is 18.6. The van der Waals surface area contributed by atoms with Gasteiger partial charge in [0.25, 0.3) is 0 Å². The molecular weight excluding hydrogens is 248 g/mol. The molecule has 0 amide bonds. The van der Waals surface area contributed by atoms with Gasteiger partial charge in [-0.2, -0.15) is 0 Å². The molecule has 1 atom stereocenters. The summed E-state index contributed by atoms with van der Waals surface area (Å²) in [6, 6.07) is 0. The molecule has 1 aromatic heterocycles. The third-order valence-electron chi connectivity index (χ3n) is 4.13. The first-order valence-electron chi connectivity index (χ1n) is 8.12. The zero-order valence-corrected chi connectivity index (χ0v) is 13.2. The van der Waals surface area contributed by atoms with E-state index < -0.39 is 0 Å². The summed E-state index contributed by atoms with van der Waals surface area (Å²) in [5.41, 5.74) is 1.31. The van der Waals surface area contributed by atoms with Crippen molar-refractivity contribution in [2.45, 2.75) is 52.9 Å². The minimum atomic E-state index is 0.825. The lowest BCUT2D eigenvalue weighted by Crippen LogP contribution is -2.23. The fraction of sp³-hybridized carbons (Fsp3) is 0.750. The Balaban J connectivity index is 2.22. The number of hydrogen-bond donors (Lipinski definition) is 1. The summed E-state index contributed by atoms with van der Waals surface area (Å²) in [7, 11) is 0. The molecule has 1 aromatic rings. The molecule has 0 saturated carbocycles. The van der Waals surface area contributed by atoms with Gasteiger partial charge in [0.05, 0.1) is 0 Å². The summed E-state index contributed by atoms with van der Waals surface area (Å²) in [5.74, 6) is 3.03. The van der Waals surface area contributed by atoms with Crippen LogP contribution in [0.1, 0.15) is 52.0 Å². The molecular formula is C16H28N4. The monoisotopic (exact) mass is 276 g/mol. The Morgan fingerprint density at radius 2 is 2.10 bits per heavy atom. The third kappa shape index (κ3) is 3.41. The predicted octanol–water partition coefficient (Wildman–Crippen LogP) is 3.49. The lowest BCUT2D eigenvalue weighted by Gasteiger charge is -2.22. The Bertz CT molecular complexity index is 419. The summed E-state index contributed by atoms with van der Waals surface area (Å²) in [5, 5.41) is 3.46. The zero-order valence-electron chi connectivity index (χ0n) is 13.2. The molecule has 0 aliphatic carbocycles. The van der Waals surface area contributed by atoms with Crippen LogP contribution in [-0.2, 0) is 6.42 Å². The lowest BCUT2D eigenvalue weighted by atomic mass is 10.1. The van der Waals surface area contributed by atoms with Crippen LogP contribution in [-0.4, -0.2) is 29.6 Å². The molecule has 1 aliphatic heterocycles. The average molecular weight is 276 g/mol. The highest BCUT2D eigenvalue weighted by atomic mass is 15.2. The summed E-state index contributed by atoms with van der Waals surface area (Å²) in [6.07, 6.45) is 7.58. The van der Waals surface area contributed by atoms with Crippen LogP contribution >= 0.6 is 0 Å². The predicted molar refractivity (Wildman–Crippen MR) is 85.4 cm³/mol. The Morgan fingerprint density at radius 3 is 2.75 bits per heavy atom. The van der Waals surface area contributed by atoms with E-state index in [9.17, 15) is 0 Å². The molecule has 1 fully saturated rings. The van der Waals surface area contributed by atoms with E-state index in [1.165, 1.54) is 18.4 Å². The van der Waals surface area contributed by atoms with E-state index in [0.29, 0.717) is 0 Å². The first-order chi connectivity index (χ1) is 9.80. The number of rotatable bonds is 7. The first kappa shape index (κ1) is 15.1. The summed E-state index contributed by atoms with van der Waals surface area (Å²) in [4.78, 5) is 11.5. The lowest BCUT2D eigenvalue weighted by molar-refractivity contribution is 0.568. The van der Waals surface area contributed by atoms with Gasteiger partial charge >= 0.3 is 0 Å². The van der Waals surface area contributed by atoms with Gasteiger partial charge in [-0.05, 0) is 25.2 Å². The van der Waals surface area contributed by atoms with E-state index in [1.54, 1.807) is 6.33 Å². The van der Waals surface area contributed by atoms with Gasteiger partial charge in [-0.3, -0.25) is 0 Å². The van der Waals surface area contributed by atoms with Crippen LogP contribution in [0, 0.1) is 5.92 Å². The Morgan fingerprint density at radius 1 is 1.25 bits per heavy atom. The van der Waals surface area contributed by atoms with E-state index in [-0.39, 0.29) is 0 Å². The first-order valence-corrected chi connectivity index (χ1v) is 8.12. The van der Waals surface area contributed by atoms with Crippen molar-refractivity contribution in [1.82, 2.24) is 9.97 Å². The second-order valence-electron chi connectivity index (χ2n) is 5.71. The second-order valence-corrected chi connectivity index (χ2v) is 5.71. The standard InChI is InChI=1S/C16H28N4/c1-4-7-14-15(17-9-5-2)18-12-19-16(14)20-10-8-13(6-3)11-20/h12-13H,4-11H2,1-3H3,(H,17,18,19). The molecule has 1 N–H and O–H groups in total. The molecule has 20 heavy (non-hydrogen) atoms. The fourth-order valence-corrected chi connectivity index (χ4v) is 2.91. The van der Waals surface area contributed by atoms with Gasteiger partial charge in [0, 0.05) is 25.2 Å². The number of aromatic nitrogens is 2. The molecule has 2 heterocycles. The highest BCUT2D eigenvalue weighted by Gasteiger charge is 2.25. The average Bonchev–Trinajstić information content (AvgIpc) is 2.95. The van der Waals surface area contributed by atoms with E-state index in [0.717, 1.165) is 56.5 Å². The maximum Gasteiger partial charge on any atom is 0.137 e. The molecule has 4 heteroatoms. The van der Waals surface area contributed by atoms with Gasteiger partial charge in [0.15, 0.2) is 0 Å². The smallest absolute Gasteiger partial charge is 0.137 e. The number of nitrogens with zero attached hydrogens (tertiary/aromatic N) is 3. The minimum Gasteiger partial charge on any atom is -0.370 e. The fourth-order valence-electron chi connectivity index (χ4n) is 2.91. The van der Waals surface area contributed by atoms with Crippen molar-refractivity contribution < 1.29 is 0 Å². The van der Waals surface area contributed by atoms with Crippen molar-refractivity contribution in [2.75, 3.05) is 29.9 Å². The summed E-state index contributed by atoms with van der Waals surface area (Å²) >= 11 is 0. The number of nitrogens with one attached hydrogen (secondary N) is 1. The molecule has 1 aliphatic rings. The van der Waals surface area contributed by atoms with Crippen molar-refractivity contribution in [3.63, 3.8) is 0 Å². The number of anilines is 2. The van der Waals surface area contributed by atoms with Crippen molar-refractivity contribution in [2.24, 2.45) is 5.92 Å². The van der Waals surface area contributed by atoms with Crippen LogP contribution in [0.3, 0.4) is 0 Å². The van der Waals surface area contributed by atoms with Crippen molar-refractivity contribution >= 4 is 11.6 Å². The largest absolute Gasteiger partial charge is 0.370 e. The zero-order chi connectivity index (χ0) is 14.4. The van der Waals surface area contributed by atoms with Crippen LogP contribution in [0.2, 0.25) is 0 Å².